The lowest BCUT2D eigenvalue weighted by Gasteiger charge is -2.10. The van der Waals surface area contributed by atoms with E-state index in [-0.39, 0.29) is 4.90 Å². The second kappa shape index (κ2) is 5.34. The van der Waals surface area contributed by atoms with Crippen LogP contribution >= 0.6 is 0 Å². The van der Waals surface area contributed by atoms with E-state index in [4.69, 9.17) is 5.84 Å². The third-order valence-electron chi connectivity index (χ3n) is 3.54. The van der Waals surface area contributed by atoms with E-state index in [1.165, 1.54) is 29.5 Å². The van der Waals surface area contributed by atoms with Crippen LogP contribution in [0.15, 0.2) is 41.4 Å². The number of fused-ring (bicyclic) bond motifs is 1. The Balaban J connectivity index is 1.89. The monoisotopic (exact) mass is 304 g/mol. The molecular weight excluding hydrogens is 288 g/mol. The Kier molecular flexibility index (Phi) is 3.52. The van der Waals surface area contributed by atoms with Gasteiger partial charge in [-0.15, -0.1) is 0 Å². The van der Waals surface area contributed by atoms with Gasteiger partial charge in [0.2, 0.25) is 0 Å². The Morgan fingerprint density at radius 1 is 1.10 bits per heavy atom. The molecule has 1 heterocycles. The standard InChI is InChI=1S/C14H16N4O2S/c15-17-14-9-13(6-7-16-14)21(19,20)18-12-5-4-10-2-1-3-11(10)8-12/h4-9,18H,1-3,15H2,(H,16,17). The van der Waals surface area contributed by atoms with E-state index in [2.05, 4.69) is 15.1 Å². The van der Waals surface area contributed by atoms with Gasteiger partial charge in [0.1, 0.15) is 5.82 Å². The summed E-state index contributed by atoms with van der Waals surface area (Å²) in [6.07, 6.45) is 4.59. The van der Waals surface area contributed by atoms with Crippen LogP contribution in [0.25, 0.3) is 0 Å². The van der Waals surface area contributed by atoms with Gasteiger partial charge in [0.15, 0.2) is 0 Å². The molecule has 4 N–H and O–H groups in total. The summed E-state index contributed by atoms with van der Waals surface area (Å²) in [7, 11) is -3.65. The maximum absolute atomic E-state index is 12.4. The number of rotatable bonds is 4. The molecule has 0 spiro atoms. The number of nitrogens with zero attached hydrogens (tertiary/aromatic N) is 1. The van der Waals surface area contributed by atoms with Gasteiger partial charge in [-0.3, -0.25) is 4.72 Å². The number of aromatic nitrogens is 1. The van der Waals surface area contributed by atoms with Crippen molar-refractivity contribution in [2.45, 2.75) is 24.2 Å². The Morgan fingerprint density at radius 3 is 2.71 bits per heavy atom. The molecule has 0 bridgehead atoms. The minimum absolute atomic E-state index is 0.117. The molecule has 0 saturated carbocycles. The van der Waals surface area contributed by atoms with Crippen LogP contribution in [-0.2, 0) is 22.9 Å². The minimum atomic E-state index is -3.65. The number of nitrogens with two attached hydrogens (primary N) is 1. The summed E-state index contributed by atoms with van der Waals surface area (Å²) in [5, 5.41) is 0. The second-order valence-electron chi connectivity index (χ2n) is 4.96. The Hall–Kier alpha value is -2.12. The number of hydrogen-bond acceptors (Lipinski definition) is 5. The van der Waals surface area contributed by atoms with Crippen molar-refractivity contribution in [2.75, 3.05) is 10.1 Å². The highest BCUT2D eigenvalue weighted by atomic mass is 32.2. The average Bonchev–Trinajstić information content (AvgIpc) is 2.94. The molecular formula is C14H16N4O2S. The third-order valence-corrected chi connectivity index (χ3v) is 4.92. The molecule has 0 unspecified atom stereocenters. The SMILES string of the molecule is NNc1cc(S(=O)(=O)Nc2ccc3c(c2)CCC3)ccn1. The Bertz CT molecular complexity index is 774. The fourth-order valence-corrected chi connectivity index (χ4v) is 3.57. The molecule has 0 amide bonds. The smallest absolute Gasteiger partial charge is 0.262 e. The molecule has 0 radical (unpaired) electrons. The van der Waals surface area contributed by atoms with Gasteiger partial charge in [0.25, 0.3) is 10.0 Å². The van der Waals surface area contributed by atoms with Gasteiger partial charge in [0, 0.05) is 18.0 Å². The van der Waals surface area contributed by atoms with E-state index in [0.29, 0.717) is 11.5 Å². The van der Waals surface area contributed by atoms with Crippen LogP contribution in [0.2, 0.25) is 0 Å². The highest BCUT2D eigenvalue weighted by Crippen LogP contribution is 2.26. The van der Waals surface area contributed by atoms with Gasteiger partial charge in [-0.05, 0) is 48.6 Å². The van der Waals surface area contributed by atoms with Crippen molar-refractivity contribution in [1.82, 2.24) is 4.98 Å². The number of benzene rings is 1. The van der Waals surface area contributed by atoms with Crippen LogP contribution < -0.4 is 16.0 Å². The summed E-state index contributed by atoms with van der Waals surface area (Å²) in [5.41, 5.74) is 5.43. The first-order chi connectivity index (χ1) is 10.1. The topological polar surface area (TPSA) is 97.1 Å². The lowest BCUT2D eigenvalue weighted by atomic mass is 10.1. The summed E-state index contributed by atoms with van der Waals surface area (Å²) in [4.78, 5) is 4.01. The average molecular weight is 304 g/mol. The van der Waals surface area contributed by atoms with Crippen molar-refractivity contribution in [2.24, 2.45) is 5.84 Å². The van der Waals surface area contributed by atoms with Crippen LogP contribution in [0, 0.1) is 0 Å². The predicted molar refractivity (Wildman–Crippen MR) is 81.3 cm³/mol. The largest absolute Gasteiger partial charge is 0.308 e. The summed E-state index contributed by atoms with van der Waals surface area (Å²) in [6, 6.07) is 8.50. The Morgan fingerprint density at radius 2 is 1.90 bits per heavy atom. The zero-order valence-corrected chi connectivity index (χ0v) is 12.2. The van der Waals surface area contributed by atoms with Crippen molar-refractivity contribution in [3.8, 4) is 0 Å². The van der Waals surface area contributed by atoms with E-state index in [9.17, 15) is 8.42 Å². The first kappa shape index (κ1) is 13.8. The van der Waals surface area contributed by atoms with Crippen molar-refractivity contribution in [1.29, 1.82) is 0 Å². The minimum Gasteiger partial charge on any atom is -0.308 e. The van der Waals surface area contributed by atoms with Gasteiger partial charge < -0.3 is 5.43 Å². The van der Waals surface area contributed by atoms with E-state index in [1.807, 2.05) is 12.1 Å². The molecule has 1 aliphatic carbocycles. The molecule has 21 heavy (non-hydrogen) atoms. The van der Waals surface area contributed by atoms with E-state index in [1.54, 1.807) is 6.07 Å². The first-order valence-corrected chi connectivity index (χ1v) is 8.14. The Labute approximate surface area is 123 Å². The van der Waals surface area contributed by atoms with Crippen molar-refractivity contribution < 1.29 is 8.42 Å². The molecule has 1 aromatic heterocycles. The van der Waals surface area contributed by atoms with Gasteiger partial charge in [-0.2, -0.15) is 0 Å². The van der Waals surface area contributed by atoms with Crippen molar-refractivity contribution >= 4 is 21.5 Å². The number of nitrogen functional groups attached to an aromatic ring is 1. The molecule has 1 aliphatic rings. The first-order valence-electron chi connectivity index (χ1n) is 6.66. The fraction of sp³-hybridized carbons (Fsp3) is 0.214. The van der Waals surface area contributed by atoms with Crippen molar-refractivity contribution in [3.63, 3.8) is 0 Å². The van der Waals surface area contributed by atoms with E-state index >= 15 is 0 Å². The van der Waals surface area contributed by atoms with Crippen LogP contribution in [0.5, 0.6) is 0 Å². The van der Waals surface area contributed by atoms with Crippen LogP contribution in [0.1, 0.15) is 17.5 Å². The summed E-state index contributed by atoms with van der Waals surface area (Å²) < 4.78 is 27.3. The molecule has 7 heteroatoms. The van der Waals surface area contributed by atoms with Gasteiger partial charge in [0.05, 0.1) is 4.90 Å². The lowest BCUT2D eigenvalue weighted by molar-refractivity contribution is 0.601. The van der Waals surface area contributed by atoms with Gasteiger partial charge in [-0.1, -0.05) is 6.07 Å². The molecule has 0 atom stereocenters. The highest BCUT2D eigenvalue weighted by molar-refractivity contribution is 7.92. The molecule has 1 aromatic carbocycles. The lowest BCUT2D eigenvalue weighted by Crippen LogP contribution is -2.15. The molecule has 6 nitrogen and oxygen atoms in total. The van der Waals surface area contributed by atoms with E-state index < -0.39 is 10.0 Å². The molecule has 0 aliphatic heterocycles. The highest BCUT2D eigenvalue weighted by Gasteiger charge is 2.17. The normalized spacial score (nSPS) is 13.8. The molecule has 0 fully saturated rings. The molecule has 3 rings (SSSR count). The quantitative estimate of drug-likeness (QED) is 0.589. The molecule has 110 valence electrons. The van der Waals surface area contributed by atoms with Crippen LogP contribution in [-0.4, -0.2) is 13.4 Å². The second-order valence-corrected chi connectivity index (χ2v) is 6.65. The van der Waals surface area contributed by atoms with Gasteiger partial charge >= 0.3 is 0 Å². The number of nitrogens with one attached hydrogen (secondary N) is 2. The number of pyridine rings is 1. The summed E-state index contributed by atoms with van der Waals surface area (Å²) in [6.45, 7) is 0. The van der Waals surface area contributed by atoms with Crippen LogP contribution in [0.3, 0.4) is 0 Å². The number of hydrazine groups is 1. The summed E-state index contributed by atoms with van der Waals surface area (Å²) in [5.74, 6) is 5.55. The maximum Gasteiger partial charge on any atom is 0.262 e. The molecule has 0 saturated heterocycles. The zero-order valence-electron chi connectivity index (χ0n) is 11.3. The maximum atomic E-state index is 12.4. The zero-order chi connectivity index (χ0) is 14.9. The predicted octanol–water partition coefficient (Wildman–Crippen LogP) is 1.66. The number of sulfonamides is 1. The third kappa shape index (κ3) is 2.84. The number of anilines is 2. The molecule has 2 aromatic rings. The van der Waals surface area contributed by atoms with E-state index in [0.717, 1.165) is 19.3 Å². The number of hydrogen-bond donors (Lipinski definition) is 3. The van der Waals surface area contributed by atoms with Crippen molar-refractivity contribution in [3.05, 3.63) is 47.7 Å². The summed E-state index contributed by atoms with van der Waals surface area (Å²) >= 11 is 0. The number of aryl methyl sites for hydroxylation is 2. The van der Waals surface area contributed by atoms with Crippen LogP contribution in [0.4, 0.5) is 11.5 Å². The van der Waals surface area contributed by atoms with Gasteiger partial charge in [-0.25, -0.2) is 19.2 Å². The fourth-order valence-electron chi connectivity index (χ4n) is 2.51.